The number of carbonyl (C=O) groups excluding carboxylic acids is 3. The Kier molecular flexibility index (Phi) is 6.03. The molecule has 1 atom stereocenters. The highest BCUT2D eigenvalue weighted by molar-refractivity contribution is 6.11. The summed E-state index contributed by atoms with van der Waals surface area (Å²) >= 11 is 0. The van der Waals surface area contributed by atoms with Crippen molar-refractivity contribution in [1.82, 2.24) is 0 Å². The minimum Gasteiger partial charge on any atom is -0.325 e. The Labute approximate surface area is 187 Å². The van der Waals surface area contributed by atoms with Crippen molar-refractivity contribution in [2.24, 2.45) is 5.92 Å². The van der Waals surface area contributed by atoms with Crippen molar-refractivity contribution in [3.05, 3.63) is 89.5 Å². The van der Waals surface area contributed by atoms with Gasteiger partial charge in [-0.3, -0.25) is 14.4 Å². The number of hydrogen-bond donors (Lipinski definition) is 2. The molecule has 1 saturated heterocycles. The van der Waals surface area contributed by atoms with Crippen molar-refractivity contribution in [2.75, 3.05) is 22.1 Å². The zero-order valence-electron chi connectivity index (χ0n) is 18.1. The maximum atomic E-state index is 13.0. The number of amides is 3. The number of aryl methyl sites for hydroxylation is 2. The first-order chi connectivity index (χ1) is 15.4. The SMILES string of the molecule is Cc1ccc(N2C[C@H](C(=O)Nc3ccccc3C(=O)Nc3ccccc3C)CC2=O)cc1. The van der Waals surface area contributed by atoms with Crippen molar-refractivity contribution >= 4 is 34.8 Å². The molecule has 3 aromatic carbocycles. The molecule has 1 aliphatic rings. The molecule has 3 aromatic rings. The molecule has 6 heteroatoms. The van der Waals surface area contributed by atoms with Crippen LogP contribution in [0.15, 0.2) is 72.8 Å². The van der Waals surface area contributed by atoms with Crippen molar-refractivity contribution < 1.29 is 14.4 Å². The van der Waals surface area contributed by atoms with Crippen LogP contribution in [0.1, 0.15) is 27.9 Å². The molecule has 1 fully saturated rings. The largest absolute Gasteiger partial charge is 0.325 e. The molecule has 32 heavy (non-hydrogen) atoms. The number of nitrogens with one attached hydrogen (secondary N) is 2. The molecule has 2 N–H and O–H groups in total. The van der Waals surface area contributed by atoms with Gasteiger partial charge >= 0.3 is 0 Å². The lowest BCUT2D eigenvalue weighted by Gasteiger charge is -2.17. The van der Waals surface area contributed by atoms with E-state index in [2.05, 4.69) is 10.6 Å². The van der Waals surface area contributed by atoms with Gasteiger partial charge < -0.3 is 15.5 Å². The van der Waals surface area contributed by atoms with Gasteiger partial charge in [-0.05, 0) is 49.7 Å². The Morgan fingerprint density at radius 1 is 0.844 bits per heavy atom. The molecule has 0 aromatic heterocycles. The number of anilines is 3. The summed E-state index contributed by atoms with van der Waals surface area (Å²) in [4.78, 5) is 40.0. The number of hydrogen-bond acceptors (Lipinski definition) is 3. The summed E-state index contributed by atoms with van der Waals surface area (Å²) in [5.74, 6) is -1.15. The maximum absolute atomic E-state index is 13.0. The zero-order valence-corrected chi connectivity index (χ0v) is 18.1. The molecule has 0 aliphatic carbocycles. The van der Waals surface area contributed by atoms with E-state index in [0.717, 1.165) is 16.8 Å². The lowest BCUT2D eigenvalue weighted by atomic mass is 10.1. The first-order valence-electron chi connectivity index (χ1n) is 10.6. The summed E-state index contributed by atoms with van der Waals surface area (Å²) in [6.45, 7) is 4.21. The molecule has 1 aliphatic heterocycles. The molecule has 1 heterocycles. The molecule has 162 valence electrons. The average molecular weight is 428 g/mol. The Bertz CT molecular complexity index is 1170. The Morgan fingerprint density at radius 2 is 1.50 bits per heavy atom. The number of carbonyl (C=O) groups is 3. The maximum Gasteiger partial charge on any atom is 0.257 e. The Balaban J connectivity index is 1.47. The van der Waals surface area contributed by atoms with Crippen molar-refractivity contribution in [2.45, 2.75) is 20.3 Å². The predicted molar refractivity (Wildman–Crippen MR) is 126 cm³/mol. The highest BCUT2D eigenvalue weighted by atomic mass is 16.2. The first kappa shape index (κ1) is 21.3. The normalized spacial score (nSPS) is 15.5. The van der Waals surface area contributed by atoms with Crippen molar-refractivity contribution in [3.63, 3.8) is 0 Å². The third-order valence-electron chi connectivity index (χ3n) is 5.66. The van der Waals surface area contributed by atoms with Gasteiger partial charge in [0.15, 0.2) is 0 Å². The molecule has 0 radical (unpaired) electrons. The fourth-order valence-corrected chi connectivity index (χ4v) is 3.79. The van der Waals surface area contributed by atoms with E-state index in [1.54, 1.807) is 29.2 Å². The molecule has 3 amide bonds. The van der Waals surface area contributed by atoms with E-state index in [0.29, 0.717) is 23.5 Å². The second-order valence-electron chi connectivity index (χ2n) is 8.04. The quantitative estimate of drug-likeness (QED) is 0.627. The number of rotatable bonds is 5. The van der Waals surface area contributed by atoms with E-state index >= 15 is 0 Å². The van der Waals surface area contributed by atoms with Crippen LogP contribution in [0.5, 0.6) is 0 Å². The highest BCUT2D eigenvalue weighted by Gasteiger charge is 2.35. The summed E-state index contributed by atoms with van der Waals surface area (Å²) < 4.78 is 0. The Hall–Kier alpha value is -3.93. The van der Waals surface area contributed by atoms with Gasteiger partial charge in [-0.25, -0.2) is 0 Å². The van der Waals surface area contributed by atoms with Gasteiger partial charge in [-0.2, -0.15) is 0 Å². The molecule has 4 rings (SSSR count). The van der Waals surface area contributed by atoms with Crippen LogP contribution in [0, 0.1) is 19.8 Å². The lowest BCUT2D eigenvalue weighted by Crippen LogP contribution is -2.28. The summed E-state index contributed by atoms with van der Waals surface area (Å²) in [5.41, 5.74) is 4.34. The molecule has 0 bridgehead atoms. The van der Waals surface area contributed by atoms with E-state index in [4.69, 9.17) is 0 Å². The minimum absolute atomic E-state index is 0.0837. The van der Waals surface area contributed by atoms with E-state index in [-0.39, 0.29) is 24.1 Å². The number of nitrogens with zero attached hydrogens (tertiary/aromatic N) is 1. The molecule has 0 spiro atoms. The minimum atomic E-state index is -0.490. The van der Waals surface area contributed by atoms with Crippen LogP contribution in [0.2, 0.25) is 0 Å². The third kappa shape index (κ3) is 4.54. The average Bonchev–Trinajstić information content (AvgIpc) is 3.18. The van der Waals surface area contributed by atoms with Crippen molar-refractivity contribution in [1.29, 1.82) is 0 Å². The summed E-state index contributed by atoms with van der Waals surface area (Å²) in [6, 6.07) is 22.0. The van der Waals surface area contributed by atoms with Crippen LogP contribution in [-0.2, 0) is 9.59 Å². The molecule has 0 unspecified atom stereocenters. The second-order valence-corrected chi connectivity index (χ2v) is 8.04. The predicted octanol–water partition coefficient (Wildman–Crippen LogP) is 4.55. The van der Waals surface area contributed by atoms with Crippen molar-refractivity contribution in [3.8, 4) is 0 Å². The van der Waals surface area contributed by atoms with E-state index in [1.165, 1.54) is 0 Å². The molecular weight excluding hydrogens is 402 g/mol. The van der Waals surface area contributed by atoms with Gasteiger partial charge in [0.1, 0.15) is 0 Å². The van der Waals surface area contributed by atoms with Gasteiger partial charge in [0.2, 0.25) is 11.8 Å². The number of benzene rings is 3. The van der Waals surface area contributed by atoms with Crippen LogP contribution >= 0.6 is 0 Å². The molecular formula is C26H25N3O3. The third-order valence-corrected chi connectivity index (χ3v) is 5.66. The van der Waals surface area contributed by atoms with Gasteiger partial charge in [-0.1, -0.05) is 48.0 Å². The summed E-state index contributed by atoms with van der Waals surface area (Å²) in [6.07, 6.45) is 0.136. The summed E-state index contributed by atoms with van der Waals surface area (Å²) in [7, 11) is 0. The highest BCUT2D eigenvalue weighted by Crippen LogP contribution is 2.27. The first-order valence-corrected chi connectivity index (χ1v) is 10.6. The number of para-hydroxylation sites is 2. The van der Waals surface area contributed by atoms with Crippen LogP contribution < -0.4 is 15.5 Å². The fraction of sp³-hybridized carbons (Fsp3) is 0.192. The lowest BCUT2D eigenvalue weighted by molar-refractivity contribution is -0.122. The van der Waals surface area contributed by atoms with E-state index in [9.17, 15) is 14.4 Å². The fourth-order valence-electron chi connectivity index (χ4n) is 3.79. The van der Waals surface area contributed by atoms with E-state index < -0.39 is 5.92 Å². The van der Waals surface area contributed by atoms with Crippen LogP contribution in [0.4, 0.5) is 17.1 Å². The monoisotopic (exact) mass is 427 g/mol. The zero-order chi connectivity index (χ0) is 22.7. The second kappa shape index (κ2) is 9.06. The van der Waals surface area contributed by atoms with E-state index in [1.807, 2.05) is 62.4 Å². The van der Waals surface area contributed by atoms with Gasteiger partial charge in [0, 0.05) is 24.3 Å². The molecule has 6 nitrogen and oxygen atoms in total. The topological polar surface area (TPSA) is 78.5 Å². The van der Waals surface area contributed by atoms with Gasteiger partial charge in [0.05, 0.1) is 17.2 Å². The molecule has 0 saturated carbocycles. The van der Waals surface area contributed by atoms with Gasteiger partial charge in [0.25, 0.3) is 5.91 Å². The standard InChI is InChI=1S/C26H25N3O3/c1-17-11-13-20(14-12-17)29-16-19(15-24(29)30)25(31)28-23-10-6-4-8-21(23)26(32)27-22-9-5-3-7-18(22)2/h3-14,19H,15-16H2,1-2H3,(H,27,32)(H,28,31)/t19-/m1/s1. The van der Waals surface area contributed by atoms with Crippen LogP contribution in [0.3, 0.4) is 0 Å². The van der Waals surface area contributed by atoms with Crippen LogP contribution in [0.25, 0.3) is 0 Å². The van der Waals surface area contributed by atoms with Crippen LogP contribution in [-0.4, -0.2) is 24.3 Å². The van der Waals surface area contributed by atoms with Gasteiger partial charge in [-0.15, -0.1) is 0 Å². The summed E-state index contributed by atoms with van der Waals surface area (Å²) in [5, 5.41) is 5.75. The smallest absolute Gasteiger partial charge is 0.257 e. The Morgan fingerprint density at radius 3 is 2.22 bits per heavy atom.